The molecule has 0 saturated carbocycles. The molecular weight excluding hydrogens is 231 g/mol. The third-order valence-corrected chi connectivity index (χ3v) is 2.58. The molecule has 1 aromatic carbocycles. The Morgan fingerprint density at radius 1 is 1.38 bits per heavy atom. The van der Waals surface area contributed by atoms with Gasteiger partial charge in [-0.15, -0.1) is 0 Å². The first-order valence-electron chi connectivity index (χ1n) is 4.67. The molecule has 2 nitrogen and oxygen atoms in total. The van der Waals surface area contributed by atoms with E-state index < -0.39 is 5.82 Å². The van der Waals surface area contributed by atoms with Crippen LogP contribution in [-0.4, -0.2) is 5.78 Å². The predicted molar refractivity (Wildman–Crippen MR) is 58.2 cm³/mol. The highest BCUT2D eigenvalue weighted by Crippen LogP contribution is 2.21. The van der Waals surface area contributed by atoms with Crippen LogP contribution in [0.1, 0.15) is 15.9 Å². The van der Waals surface area contributed by atoms with Gasteiger partial charge in [-0.3, -0.25) is 4.79 Å². The number of halogens is 2. The standard InChI is InChI=1S/C12H8ClFO2/c13-12-9(2-1-3-10(12)14)11(15)6-8-4-5-16-7-8/h1-5,7H,6H2. The fraction of sp³-hybridized carbons (Fsp3) is 0.0833. The van der Waals surface area contributed by atoms with Crippen LogP contribution in [0.25, 0.3) is 0 Å². The molecule has 0 aliphatic carbocycles. The third kappa shape index (κ3) is 2.14. The van der Waals surface area contributed by atoms with Gasteiger partial charge < -0.3 is 4.42 Å². The second-order valence-electron chi connectivity index (χ2n) is 3.33. The van der Waals surface area contributed by atoms with E-state index in [0.717, 1.165) is 5.56 Å². The average Bonchev–Trinajstić information content (AvgIpc) is 2.74. The summed E-state index contributed by atoms with van der Waals surface area (Å²) >= 11 is 5.71. The van der Waals surface area contributed by atoms with Crippen LogP contribution in [0.5, 0.6) is 0 Å². The molecule has 0 aliphatic heterocycles. The van der Waals surface area contributed by atoms with Crippen molar-refractivity contribution < 1.29 is 13.6 Å². The zero-order chi connectivity index (χ0) is 11.5. The van der Waals surface area contributed by atoms with E-state index >= 15 is 0 Å². The molecule has 1 aromatic heterocycles. The van der Waals surface area contributed by atoms with Gasteiger partial charge in [0.25, 0.3) is 0 Å². The van der Waals surface area contributed by atoms with E-state index in [9.17, 15) is 9.18 Å². The minimum absolute atomic E-state index is 0.129. The molecule has 0 atom stereocenters. The van der Waals surface area contributed by atoms with Crippen LogP contribution < -0.4 is 0 Å². The molecule has 4 heteroatoms. The predicted octanol–water partition coefficient (Wildman–Crippen LogP) is 3.50. The second kappa shape index (κ2) is 4.49. The van der Waals surface area contributed by atoms with Gasteiger partial charge in [-0.2, -0.15) is 0 Å². The maximum Gasteiger partial charge on any atom is 0.168 e. The fourth-order valence-electron chi connectivity index (χ4n) is 1.39. The van der Waals surface area contributed by atoms with E-state index in [1.54, 1.807) is 6.07 Å². The molecule has 0 spiro atoms. The van der Waals surface area contributed by atoms with Gasteiger partial charge in [0, 0.05) is 12.0 Å². The van der Waals surface area contributed by atoms with Crippen LogP contribution in [0.2, 0.25) is 5.02 Å². The van der Waals surface area contributed by atoms with E-state index in [4.69, 9.17) is 16.0 Å². The van der Waals surface area contributed by atoms with Crippen molar-refractivity contribution >= 4 is 17.4 Å². The van der Waals surface area contributed by atoms with Crippen LogP contribution in [0.15, 0.2) is 41.2 Å². The lowest BCUT2D eigenvalue weighted by atomic mass is 10.1. The number of ketones is 1. The summed E-state index contributed by atoms with van der Waals surface area (Å²) in [5.74, 6) is -0.814. The van der Waals surface area contributed by atoms with Crippen molar-refractivity contribution in [1.82, 2.24) is 0 Å². The van der Waals surface area contributed by atoms with Gasteiger partial charge in [-0.25, -0.2) is 4.39 Å². The number of carbonyl (C=O) groups is 1. The number of benzene rings is 1. The first kappa shape index (κ1) is 10.9. The molecule has 0 bridgehead atoms. The lowest BCUT2D eigenvalue weighted by molar-refractivity contribution is 0.0992. The van der Waals surface area contributed by atoms with E-state index in [0.29, 0.717) is 0 Å². The van der Waals surface area contributed by atoms with Crippen molar-refractivity contribution in [2.45, 2.75) is 6.42 Å². The lowest BCUT2D eigenvalue weighted by Crippen LogP contribution is -2.04. The van der Waals surface area contributed by atoms with Gasteiger partial charge in [0.05, 0.1) is 17.5 Å². The van der Waals surface area contributed by atoms with Crippen LogP contribution in [0.3, 0.4) is 0 Å². The first-order chi connectivity index (χ1) is 7.68. The quantitative estimate of drug-likeness (QED) is 0.766. The van der Waals surface area contributed by atoms with Crippen molar-refractivity contribution in [1.29, 1.82) is 0 Å². The Labute approximate surface area is 96.6 Å². The minimum atomic E-state index is -0.584. The van der Waals surface area contributed by atoms with Crippen LogP contribution in [-0.2, 0) is 6.42 Å². The Morgan fingerprint density at radius 2 is 2.19 bits per heavy atom. The molecule has 2 rings (SSSR count). The van der Waals surface area contributed by atoms with E-state index in [1.165, 1.54) is 30.7 Å². The normalized spacial score (nSPS) is 10.4. The first-order valence-corrected chi connectivity index (χ1v) is 5.04. The highest BCUT2D eigenvalue weighted by Gasteiger charge is 2.14. The van der Waals surface area contributed by atoms with Gasteiger partial charge in [-0.05, 0) is 23.8 Å². The number of Topliss-reactive ketones (excluding diaryl/α,β-unsaturated/α-hetero) is 1. The Bertz CT molecular complexity index is 506. The molecule has 82 valence electrons. The number of furan rings is 1. The van der Waals surface area contributed by atoms with Crippen molar-refractivity contribution in [3.8, 4) is 0 Å². The minimum Gasteiger partial charge on any atom is -0.472 e. The van der Waals surface area contributed by atoms with Crippen LogP contribution in [0, 0.1) is 5.82 Å². The zero-order valence-electron chi connectivity index (χ0n) is 8.24. The molecule has 0 radical (unpaired) electrons. The molecule has 0 aliphatic rings. The molecule has 0 unspecified atom stereocenters. The summed E-state index contributed by atoms with van der Waals surface area (Å²) in [7, 11) is 0. The van der Waals surface area contributed by atoms with Crippen molar-refractivity contribution in [3.63, 3.8) is 0 Å². The summed E-state index contributed by atoms with van der Waals surface area (Å²) < 4.78 is 18.0. The monoisotopic (exact) mass is 238 g/mol. The summed E-state index contributed by atoms with van der Waals surface area (Å²) in [6.45, 7) is 0. The second-order valence-corrected chi connectivity index (χ2v) is 3.71. The molecule has 0 amide bonds. The summed E-state index contributed by atoms with van der Waals surface area (Å²) in [6.07, 6.45) is 3.11. The molecule has 1 heterocycles. The van der Waals surface area contributed by atoms with Gasteiger partial charge in [-0.1, -0.05) is 17.7 Å². The summed E-state index contributed by atoms with van der Waals surface area (Å²) in [6, 6.07) is 5.87. The Kier molecular flexibility index (Phi) is 3.06. The van der Waals surface area contributed by atoms with Gasteiger partial charge in [0.15, 0.2) is 5.78 Å². The molecule has 0 N–H and O–H groups in total. The van der Waals surface area contributed by atoms with E-state index in [1.807, 2.05) is 0 Å². The number of hydrogen-bond donors (Lipinski definition) is 0. The van der Waals surface area contributed by atoms with Crippen molar-refractivity contribution in [2.24, 2.45) is 0 Å². The average molecular weight is 239 g/mol. The number of carbonyl (C=O) groups excluding carboxylic acids is 1. The van der Waals surface area contributed by atoms with Crippen molar-refractivity contribution in [2.75, 3.05) is 0 Å². The third-order valence-electron chi connectivity index (χ3n) is 2.20. The van der Waals surface area contributed by atoms with E-state index in [-0.39, 0.29) is 22.8 Å². The van der Waals surface area contributed by atoms with Crippen LogP contribution >= 0.6 is 11.6 Å². The molecule has 2 aromatic rings. The molecular formula is C12H8ClFO2. The fourth-order valence-corrected chi connectivity index (χ4v) is 1.62. The van der Waals surface area contributed by atoms with Crippen LogP contribution in [0.4, 0.5) is 4.39 Å². The molecule has 0 fully saturated rings. The molecule has 0 saturated heterocycles. The highest BCUT2D eigenvalue weighted by molar-refractivity contribution is 6.34. The molecule has 16 heavy (non-hydrogen) atoms. The van der Waals surface area contributed by atoms with Gasteiger partial charge >= 0.3 is 0 Å². The number of rotatable bonds is 3. The zero-order valence-corrected chi connectivity index (χ0v) is 9.00. The van der Waals surface area contributed by atoms with Gasteiger partial charge in [0.1, 0.15) is 5.82 Å². The van der Waals surface area contributed by atoms with Crippen molar-refractivity contribution in [3.05, 3.63) is 58.8 Å². The van der Waals surface area contributed by atoms with E-state index in [2.05, 4.69) is 0 Å². The van der Waals surface area contributed by atoms with Gasteiger partial charge in [0.2, 0.25) is 0 Å². The largest absolute Gasteiger partial charge is 0.472 e. The Morgan fingerprint density at radius 3 is 2.88 bits per heavy atom. The SMILES string of the molecule is O=C(Cc1ccoc1)c1cccc(F)c1Cl. The Balaban J connectivity index is 2.24. The summed E-state index contributed by atoms with van der Waals surface area (Å²) in [5, 5.41) is -0.129. The summed E-state index contributed by atoms with van der Waals surface area (Å²) in [5.41, 5.74) is 0.938. The lowest BCUT2D eigenvalue weighted by Gasteiger charge is -2.02. The Hall–Kier alpha value is -1.61. The maximum absolute atomic E-state index is 13.1. The summed E-state index contributed by atoms with van der Waals surface area (Å²) in [4.78, 5) is 11.8. The smallest absolute Gasteiger partial charge is 0.168 e. The highest BCUT2D eigenvalue weighted by atomic mass is 35.5. The maximum atomic E-state index is 13.1. The number of hydrogen-bond acceptors (Lipinski definition) is 2. The topological polar surface area (TPSA) is 30.2 Å².